The van der Waals surface area contributed by atoms with Crippen molar-refractivity contribution >= 4 is 0 Å². The van der Waals surface area contributed by atoms with Crippen molar-refractivity contribution in [3.63, 3.8) is 0 Å². The summed E-state index contributed by atoms with van der Waals surface area (Å²) in [4.78, 5) is 0. The van der Waals surface area contributed by atoms with Crippen LogP contribution in [0, 0.1) is 0 Å². The van der Waals surface area contributed by atoms with Crippen molar-refractivity contribution in [3.05, 3.63) is 0 Å². The molecule has 1 fully saturated rings. The van der Waals surface area contributed by atoms with Gasteiger partial charge in [0, 0.05) is 0 Å². The number of ether oxygens (including phenoxy) is 1. The van der Waals surface area contributed by atoms with Crippen LogP contribution in [-0.4, -0.2) is 51.1 Å². The van der Waals surface area contributed by atoms with Crippen LogP contribution < -0.4 is 0 Å². The van der Waals surface area contributed by atoms with Gasteiger partial charge in [0.25, 0.3) is 0 Å². The number of hydrogen-bond acceptors (Lipinski definition) is 5. The average molecular weight is 164 g/mol. The summed E-state index contributed by atoms with van der Waals surface area (Å²) in [5.74, 6) is 0. The van der Waals surface area contributed by atoms with E-state index in [1.165, 1.54) is 6.92 Å². The van der Waals surface area contributed by atoms with Crippen molar-refractivity contribution in [2.24, 2.45) is 0 Å². The van der Waals surface area contributed by atoms with Gasteiger partial charge in [0.1, 0.15) is 18.3 Å². The first-order valence-electron chi connectivity index (χ1n) is 3.41. The highest BCUT2D eigenvalue weighted by Crippen LogP contribution is 2.18. The molecular formula is C6H12O5. The summed E-state index contributed by atoms with van der Waals surface area (Å²) in [6, 6.07) is 0. The van der Waals surface area contributed by atoms with Crippen molar-refractivity contribution < 1.29 is 25.2 Å². The van der Waals surface area contributed by atoms with E-state index in [2.05, 4.69) is 4.74 Å². The quantitative estimate of drug-likeness (QED) is 0.326. The Labute approximate surface area is 63.8 Å². The van der Waals surface area contributed by atoms with Crippen LogP contribution in [0.1, 0.15) is 6.92 Å². The third kappa shape index (κ3) is 1.52. The van der Waals surface area contributed by atoms with Crippen LogP contribution in [0.2, 0.25) is 0 Å². The molecule has 0 amide bonds. The third-order valence-corrected chi connectivity index (χ3v) is 1.83. The maximum absolute atomic E-state index is 9.09. The second-order valence-electron chi connectivity index (χ2n) is 2.70. The summed E-state index contributed by atoms with van der Waals surface area (Å²) >= 11 is 0. The number of aliphatic hydroxyl groups is 4. The topological polar surface area (TPSA) is 90.2 Å². The molecule has 0 saturated carbocycles. The van der Waals surface area contributed by atoms with Gasteiger partial charge in [0.05, 0.1) is 6.10 Å². The molecule has 1 heterocycles. The molecule has 11 heavy (non-hydrogen) atoms. The molecule has 0 radical (unpaired) electrons. The number of hydrogen-bond donors (Lipinski definition) is 4. The Kier molecular flexibility index (Phi) is 2.46. The van der Waals surface area contributed by atoms with Crippen LogP contribution in [0.5, 0.6) is 0 Å². The smallest absolute Gasteiger partial charge is 0.183 e. The highest BCUT2D eigenvalue weighted by atomic mass is 16.6. The molecule has 5 nitrogen and oxygen atoms in total. The Hall–Kier alpha value is -0.200. The Balaban J connectivity index is 2.63. The van der Waals surface area contributed by atoms with Crippen molar-refractivity contribution in [2.45, 2.75) is 37.6 Å². The highest BCUT2D eigenvalue weighted by Gasteiger charge is 2.40. The fourth-order valence-corrected chi connectivity index (χ4v) is 1.03. The van der Waals surface area contributed by atoms with Gasteiger partial charge >= 0.3 is 0 Å². The second-order valence-corrected chi connectivity index (χ2v) is 2.70. The summed E-state index contributed by atoms with van der Waals surface area (Å²) in [6.45, 7) is 1.50. The predicted octanol–water partition coefficient (Wildman–Crippen LogP) is -2.19. The minimum Gasteiger partial charge on any atom is -0.388 e. The van der Waals surface area contributed by atoms with E-state index < -0.39 is 30.7 Å². The number of aliphatic hydroxyl groups excluding tert-OH is 4. The SMILES string of the molecule is C[C@H]1OC(O)[C@@H](O)[C@@H](O)C1O. The van der Waals surface area contributed by atoms with Gasteiger partial charge in [0.2, 0.25) is 0 Å². The molecule has 0 aliphatic carbocycles. The van der Waals surface area contributed by atoms with Gasteiger partial charge < -0.3 is 25.2 Å². The molecule has 1 saturated heterocycles. The molecule has 1 aliphatic heterocycles. The lowest BCUT2D eigenvalue weighted by Crippen LogP contribution is -2.56. The van der Waals surface area contributed by atoms with Gasteiger partial charge in [0.15, 0.2) is 6.29 Å². The maximum Gasteiger partial charge on any atom is 0.183 e. The van der Waals surface area contributed by atoms with Crippen LogP contribution in [0.3, 0.4) is 0 Å². The zero-order chi connectivity index (χ0) is 8.59. The van der Waals surface area contributed by atoms with Crippen LogP contribution in [0.4, 0.5) is 0 Å². The molecule has 4 N–H and O–H groups in total. The zero-order valence-electron chi connectivity index (χ0n) is 6.08. The van der Waals surface area contributed by atoms with E-state index in [4.69, 9.17) is 20.4 Å². The minimum atomic E-state index is -1.43. The van der Waals surface area contributed by atoms with E-state index in [-0.39, 0.29) is 0 Å². The summed E-state index contributed by atoms with van der Waals surface area (Å²) in [5.41, 5.74) is 0. The molecular weight excluding hydrogens is 152 g/mol. The van der Waals surface area contributed by atoms with Crippen LogP contribution in [-0.2, 0) is 4.74 Å². The molecule has 0 aromatic carbocycles. The van der Waals surface area contributed by atoms with Crippen LogP contribution in [0.15, 0.2) is 0 Å². The van der Waals surface area contributed by atoms with Crippen LogP contribution in [0.25, 0.3) is 0 Å². The number of rotatable bonds is 0. The van der Waals surface area contributed by atoms with E-state index in [1.54, 1.807) is 0 Å². The van der Waals surface area contributed by atoms with Gasteiger partial charge in [-0.05, 0) is 6.92 Å². The molecule has 66 valence electrons. The Morgan fingerprint density at radius 3 is 2.00 bits per heavy atom. The van der Waals surface area contributed by atoms with E-state index in [9.17, 15) is 0 Å². The molecule has 0 aromatic rings. The predicted molar refractivity (Wildman–Crippen MR) is 34.6 cm³/mol. The summed E-state index contributed by atoms with van der Waals surface area (Å²) in [5, 5.41) is 36.0. The molecule has 0 bridgehead atoms. The molecule has 0 aromatic heterocycles. The Bertz CT molecular complexity index is 125. The maximum atomic E-state index is 9.09. The van der Waals surface area contributed by atoms with Gasteiger partial charge in [-0.25, -0.2) is 0 Å². The van der Waals surface area contributed by atoms with Gasteiger partial charge in [-0.2, -0.15) is 0 Å². The summed E-state index contributed by atoms with van der Waals surface area (Å²) < 4.78 is 4.68. The standard InChI is InChI=1S/C6H12O5/c1-2-3(7)4(8)5(9)6(10)11-2/h2-10H,1H3/t2-,3?,4+,5+,6?/m1/s1. The molecule has 5 atom stereocenters. The average Bonchev–Trinajstić information content (AvgIpc) is 1.97. The largest absolute Gasteiger partial charge is 0.388 e. The minimum absolute atomic E-state index is 0.664. The van der Waals surface area contributed by atoms with Gasteiger partial charge in [-0.1, -0.05) is 0 Å². The first-order valence-corrected chi connectivity index (χ1v) is 3.41. The van der Waals surface area contributed by atoms with Gasteiger partial charge in [-0.15, -0.1) is 0 Å². The zero-order valence-corrected chi connectivity index (χ0v) is 6.08. The lowest BCUT2D eigenvalue weighted by atomic mass is 10.0. The van der Waals surface area contributed by atoms with Gasteiger partial charge in [-0.3, -0.25) is 0 Å². The van der Waals surface area contributed by atoms with Crippen molar-refractivity contribution in [2.75, 3.05) is 0 Å². The van der Waals surface area contributed by atoms with Crippen molar-refractivity contribution in [3.8, 4) is 0 Å². The molecule has 2 unspecified atom stereocenters. The lowest BCUT2D eigenvalue weighted by Gasteiger charge is -2.36. The summed E-state index contributed by atoms with van der Waals surface area (Å²) in [7, 11) is 0. The highest BCUT2D eigenvalue weighted by molar-refractivity contribution is 4.86. The fraction of sp³-hybridized carbons (Fsp3) is 1.00. The summed E-state index contributed by atoms with van der Waals surface area (Å²) in [6.07, 6.45) is -5.99. The molecule has 5 heteroatoms. The Morgan fingerprint density at radius 2 is 1.45 bits per heavy atom. The molecule has 1 aliphatic rings. The second kappa shape index (κ2) is 3.04. The van der Waals surface area contributed by atoms with E-state index in [0.717, 1.165) is 0 Å². The van der Waals surface area contributed by atoms with E-state index in [1.807, 2.05) is 0 Å². The monoisotopic (exact) mass is 164 g/mol. The van der Waals surface area contributed by atoms with E-state index in [0.29, 0.717) is 0 Å². The fourth-order valence-electron chi connectivity index (χ4n) is 1.03. The first-order chi connectivity index (χ1) is 5.04. The molecule has 1 rings (SSSR count). The lowest BCUT2D eigenvalue weighted by molar-refractivity contribution is -0.277. The third-order valence-electron chi connectivity index (χ3n) is 1.83. The Morgan fingerprint density at radius 1 is 0.909 bits per heavy atom. The first kappa shape index (κ1) is 8.89. The van der Waals surface area contributed by atoms with E-state index >= 15 is 0 Å². The normalized spacial score (nSPS) is 52.6. The van der Waals surface area contributed by atoms with Crippen LogP contribution >= 0.6 is 0 Å². The van der Waals surface area contributed by atoms with Crippen molar-refractivity contribution in [1.29, 1.82) is 0 Å². The molecule has 0 spiro atoms. The van der Waals surface area contributed by atoms with Crippen molar-refractivity contribution in [1.82, 2.24) is 0 Å².